The molecule has 0 saturated heterocycles. The smallest absolute Gasteiger partial charge is 0.0745 e. The molecule has 156 valence electrons. The Bertz CT molecular complexity index is 884. The summed E-state index contributed by atoms with van der Waals surface area (Å²) in [5.74, 6) is 1.25. The molecule has 7 heteroatoms. The van der Waals surface area contributed by atoms with Crippen LogP contribution < -0.4 is 5.32 Å². The number of anilines is 1. The van der Waals surface area contributed by atoms with Crippen molar-refractivity contribution in [2.24, 2.45) is 0 Å². The van der Waals surface area contributed by atoms with E-state index in [1.54, 1.807) is 0 Å². The fourth-order valence-corrected chi connectivity index (χ4v) is 3.85. The van der Waals surface area contributed by atoms with Crippen molar-refractivity contribution in [2.45, 2.75) is 6.42 Å². The average Bonchev–Trinajstić information content (AvgIpc) is 2.71. The maximum atomic E-state index is 6.20. The molecule has 1 heterocycles. The second-order valence-electron chi connectivity index (χ2n) is 6.58. The summed E-state index contributed by atoms with van der Waals surface area (Å²) in [5, 5.41) is 5.34. The van der Waals surface area contributed by atoms with Crippen molar-refractivity contribution in [1.82, 2.24) is 9.88 Å². The summed E-state index contributed by atoms with van der Waals surface area (Å²) in [6.07, 6.45) is 1.01. The van der Waals surface area contributed by atoms with Gasteiger partial charge in [-0.2, -0.15) is 0 Å². The third-order valence-electron chi connectivity index (χ3n) is 4.61. The lowest BCUT2D eigenvalue weighted by Crippen LogP contribution is -2.30. The maximum absolute atomic E-state index is 6.20. The Kier molecular flexibility index (Phi) is 10.3. The lowest BCUT2D eigenvalue weighted by Gasteiger charge is -2.20. The minimum Gasteiger partial charge on any atom is -0.384 e. The first-order valence-electron chi connectivity index (χ1n) is 9.45. The van der Waals surface area contributed by atoms with Crippen LogP contribution in [-0.2, 0) is 0 Å². The molecule has 3 nitrogen and oxygen atoms in total. The van der Waals surface area contributed by atoms with Crippen molar-refractivity contribution in [3.05, 3.63) is 59.6 Å². The molecular formula is C22H25Cl4N3. The van der Waals surface area contributed by atoms with E-state index >= 15 is 0 Å². The van der Waals surface area contributed by atoms with Crippen LogP contribution in [0.2, 0.25) is 5.02 Å². The van der Waals surface area contributed by atoms with Gasteiger partial charge < -0.3 is 10.2 Å². The summed E-state index contributed by atoms with van der Waals surface area (Å²) >= 11 is 18.0. The summed E-state index contributed by atoms with van der Waals surface area (Å²) in [6, 6.07) is 18.1. The molecule has 0 aliphatic heterocycles. The van der Waals surface area contributed by atoms with Crippen LogP contribution in [0.1, 0.15) is 6.42 Å². The fraction of sp³-hybridized carbons (Fsp3) is 0.318. The quantitative estimate of drug-likeness (QED) is 0.267. The van der Waals surface area contributed by atoms with Crippen molar-refractivity contribution in [3.8, 4) is 11.3 Å². The van der Waals surface area contributed by atoms with Crippen molar-refractivity contribution >= 4 is 63.8 Å². The molecule has 0 saturated carbocycles. The van der Waals surface area contributed by atoms with Gasteiger partial charge in [0.2, 0.25) is 0 Å². The highest BCUT2D eigenvalue weighted by Crippen LogP contribution is 2.30. The van der Waals surface area contributed by atoms with Gasteiger partial charge in [-0.15, -0.1) is 35.6 Å². The van der Waals surface area contributed by atoms with Crippen molar-refractivity contribution < 1.29 is 0 Å². The molecule has 0 unspecified atom stereocenters. The Balaban J connectivity index is 0.00000300. The number of alkyl halides is 2. The van der Waals surface area contributed by atoms with E-state index in [-0.39, 0.29) is 12.4 Å². The summed E-state index contributed by atoms with van der Waals surface area (Å²) in [7, 11) is 0. The van der Waals surface area contributed by atoms with Gasteiger partial charge in [-0.25, -0.2) is 4.98 Å². The molecule has 0 amide bonds. The first-order chi connectivity index (χ1) is 13.7. The fourth-order valence-electron chi connectivity index (χ4n) is 3.20. The van der Waals surface area contributed by atoms with E-state index in [0.29, 0.717) is 16.8 Å². The normalized spacial score (nSPS) is 10.9. The second kappa shape index (κ2) is 12.5. The van der Waals surface area contributed by atoms with Crippen LogP contribution in [0.3, 0.4) is 0 Å². The van der Waals surface area contributed by atoms with Gasteiger partial charge in [-0.1, -0.05) is 41.9 Å². The van der Waals surface area contributed by atoms with Crippen LogP contribution in [0.15, 0.2) is 54.6 Å². The molecule has 3 rings (SSSR count). The Morgan fingerprint density at radius 3 is 2.31 bits per heavy atom. The minimum absolute atomic E-state index is 0. The summed E-state index contributed by atoms with van der Waals surface area (Å²) in [6.45, 7) is 3.55. The molecule has 0 atom stereocenters. The van der Waals surface area contributed by atoms with Gasteiger partial charge in [-0.3, -0.25) is 0 Å². The van der Waals surface area contributed by atoms with E-state index in [1.165, 1.54) is 0 Å². The zero-order chi connectivity index (χ0) is 19.8. The van der Waals surface area contributed by atoms with Crippen molar-refractivity contribution in [3.63, 3.8) is 0 Å². The molecule has 29 heavy (non-hydrogen) atoms. The molecule has 3 aromatic rings. The highest BCUT2D eigenvalue weighted by Gasteiger charge is 2.09. The number of rotatable bonds is 10. The Morgan fingerprint density at radius 2 is 1.62 bits per heavy atom. The summed E-state index contributed by atoms with van der Waals surface area (Å²) in [4.78, 5) is 7.10. The lowest BCUT2D eigenvalue weighted by molar-refractivity contribution is 0.306. The van der Waals surface area contributed by atoms with Gasteiger partial charge in [0, 0.05) is 53.1 Å². The lowest BCUT2D eigenvalue weighted by atomic mass is 10.1. The van der Waals surface area contributed by atoms with E-state index in [0.717, 1.165) is 60.4 Å². The van der Waals surface area contributed by atoms with Crippen molar-refractivity contribution in [2.75, 3.05) is 43.3 Å². The van der Waals surface area contributed by atoms with Gasteiger partial charge in [0.25, 0.3) is 0 Å². The first kappa shape index (κ1) is 24.0. The molecule has 0 bridgehead atoms. The molecule has 0 fully saturated rings. The molecule has 0 spiro atoms. The van der Waals surface area contributed by atoms with Crippen LogP contribution in [-0.4, -0.2) is 47.8 Å². The average molecular weight is 473 g/mol. The second-order valence-corrected chi connectivity index (χ2v) is 7.77. The molecule has 0 radical (unpaired) electrons. The zero-order valence-corrected chi connectivity index (χ0v) is 19.2. The highest BCUT2D eigenvalue weighted by molar-refractivity contribution is 6.31. The van der Waals surface area contributed by atoms with Gasteiger partial charge >= 0.3 is 0 Å². The number of hydrogen-bond acceptors (Lipinski definition) is 3. The third-order valence-corrected chi connectivity index (χ3v) is 5.18. The number of pyridine rings is 1. The Hall–Kier alpha value is -1.23. The predicted octanol–water partition coefficient (Wildman–Crippen LogP) is 6.56. The van der Waals surface area contributed by atoms with Crippen LogP contribution in [0.25, 0.3) is 22.2 Å². The number of nitrogens with zero attached hydrogens (tertiary/aromatic N) is 2. The number of aromatic nitrogens is 1. The van der Waals surface area contributed by atoms with E-state index in [1.807, 2.05) is 36.4 Å². The van der Waals surface area contributed by atoms with E-state index in [4.69, 9.17) is 39.8 Å². The maximum Gasteiger partial charge on any atom is 0.0745 e. The van der Waals surface area contributed by atoms with E-state index < -0.39 is 0 Å². The summed E-state index contributed by atoms with van der Waals surface area (Å²) in [5.41, 5.74) is 3.98. The van der Waals surface area contributed by atoms with E-state index in [2.05, 4.69) is 28.4 Å². The van der Waals surface area contributed by atoms with Gasteiger partial charge in [-0.05, 0) is 37.2 Å². The van der Waals surface area contributed by atoms with Crippen LogP contribution in [0.5, 0.6) is 0 Å². The molecule has 1 N–H and O–H groups in total. The minimum atomic E-state index is 0. The molecule has 2 aromatic carbocycles. The highest BCUT2D eigenvalue weighted by atomic mass is 35.5. The van der Waals surface area contributed by atoms with Gasteiger partial charge in [0.05, 0.1) is 11.2 Å². The number of halogens is 4. The van der Waals surface area contributed by atoms with E-state index in [9.17, 15) is 0 Å². The zero-order valence-electron chi connectivity index (χ0n) is 16.1. The topological polar surface area (TPSA) is 28.2 Å². The number of benzene rings is 2. The Morgan fingerprint density at radius 1 is 0.897 bits per heavy atom. The molecule has 0 aliphatic rings. The molecule has 1 aromatic heterocycles. The van der Waals surface area contributed by atoms with Crippen molar-refractivity contribution in [1.29, 1.82) is 0 Å². The monoisotopic (exact) mass is 471 g/mol. The van der Waals surface area contributed by atoms with Crippen LogP contribution in [0.4, 0.5) is 5.69 Å². The number of hydrogen-bond donors (Lipinski definition) is 1. The third kappa shape index (κ3) is 6.91. The van der Waals surface area contributed by atoms with Gasteiger partial charge in [0.1, 0.15) is 0 Å². The largest absolute Gasteiger partial charge is 0.384 e. The van der Waals surface area contributed by atoms with Crippen LogP contribution >= 0.6 is 47.2 Å². The number of nitrogens with one attached hydrogen (secondary N) is 1. The van der Waals surface area contributed by atoms with Crippen LogP contribution in [0, 0.1) is 0 Å². The molecular weight excluding hydrogens is 448 g/mol. The number of fused-ring (bicyclic) bond motifs is 1. The Labute approximate surface area is 193 Å². The standard InChI is InChI=1S/C22H24Cl3N3.ClH/c23-9-13-28(14-10-24)12-4-11-26-21-16-20(17-5-2-1-3-6-17)27-22-15-18(25)7-8-19(21)22;/h1-3,5-8,15-16H,4,9-14H2,(H,26,27);1H. The summed E-state index contributed by atoms with van der Waals surface area (Å²) < 4.78 is 0. The van der Waals surface area contributed by atoms with Gasteiger partial charge in [0.15, 0.2) is 0 Å². The predicted molar refractivity (Wildman–Crippen MR) is 130 cm³/mol. The molecule has 0 aliphatic carbocycles. The first-order valence-corrected chi connectivity index (χ1v) is 10.9. The SMILES string of the molecule is Cl.ClCCN(CCCl)CCCNc1cc(-c2ccccc2)nc2cc(Cl)ccc12.